The molecule has 0 spiro atoms. The van der Waals surface area contributed by atoms with E-state index in [2.05, 4.69) is 33.6 Å². The molecule has 0 radical (unpaired) electrons. The van der Waals surface area contributed by atoms with Crippen LogP contribution >= 0.6 is 0 Å². The van der Waals surface area contributed by atoms with Gasteiger partial charge in [-0.25, -0.2) is 0 Å². The van der Waals surface area contributed by atoms with Gasteiger partial charge in [0.05, 0.1) is 11.0 Å². The van der Waals surface area contributed by atoms with Gasteiger partial charge in [-0.2, -0.15) is 0 Å². The van der Waals surface area contributed by atoms with Crippen LogP contribution in [0.4, 0.5) is 0 Å². The Bertz CT molecular complexity index is 616. The Labute approximate surface area is 93.2 Å². The number of hydrogen-bond acceptors (Lipinski definition) is 3. The first-order chi connectivity index (χ1) is 7.92. The van der Waals surface area contributed by atoms with Crippen LogP contribution in [-0.2, 0) is 0 Å². The Morgan fingerprint density at radius 2 is 1.94 bits per heavy atom. The molecular formula is C13H11N3. The minimum absolute atomic E-state index is 0.626. The molecule has 1 aromatic heterocycles. The summed E-state index contributed by atoms with van der Waals surface area (Å²) in [6.45, 7) is 1.04. The van der Waals surface area contributed by atoms with Crippen molar-refractivity contribution >= 4 is 16.6 Å². The number of hydrogen-bond donors (Lipinski definition) is 1. The molecule has 3 nitrogen and oxygen atoms in total. The van der Waals surface area contributed by atoms with Crippen LogP contribution in [0.15, 0.2) is 30.7 Å². The van der Waals surface area contributed by atoms with E-state index in [0.717, 1.165) is 17.6 Å². The second kappa shape index (κ2) is 2.82. The van der Waals surface area contributed by atoms with Crippen LogP contribution in [0, 0.1) is 0 Å². The summed E-state index contributed by atoms with van der Waals surface area (Å²) in [7, 11) is 0. The van der Waals surface area contributed by atoms with E-state index in [1.54, 1.807) is 12.4 Å². The van der Waals surface area contributed by atoms with Crippen molar-refractivity contribution < 1.29 is 0 Å². The van der Waals surface area contributed by atoms with Crippen LogP contribution in [0.5, 0.6) is 0 Å². The number of allylic oxidation sites excluding steroid dienone is 1. The van der Waals surface area contributed by atoms with Crippen molar-refractivity contribution in [3.63, 3.8) is 0 Å². The summed E-state index contributed by atoms with van der Waals surface area (Å²) in [6, 6.07) is 4.38. The smallest absolute Gasteiger partial charge is 0.0893 e. The number of nitrogens with one attached hydrogen (secondary N) is 1. The van der Waals surface area contributed by atoms with Gasteiger partial charge in [-0.3, -0.25) is 9.97 Å². The first-order valence-corrected chi connectivity index (χ1v) is 5.59. The number of fused-ring (bicyclic) bond motifs is 6. The highest BCUT2D eigenvalue weighted by molar-refractivity contribution is 5.85. The molecule has 0 unspecified atom stereocenters. The number of rotatable bonds is 0. The van der Waals surface area contributed by atoms with Crippen molar-refractivity contribution in [2.45, 2.75) is 12.3 Å². The molecule has 0 saturated carbocycles. The molecule has 16 heavy (non-hydrogen) atoms. The van der Waals surface area contributed by atoms with E-state index < -0.39 is 0 Å². The zero-order valence-electron chi connectivity index (χ0n) is 8.77. The molecule has 0 saturated heterocycles. The van der Waals surface area contributed by atoms with E-state index in [0.29, 0.717) is 5.92 Å². The average molecular weight is 209 g/mol. The van der Waals surface area contributed by atoms with Gasteiger partial charge < -0.3 is 5.32 Å². The molecule has 1 atom stereocenters. The fraction of sp³-hybridized carbons (Fsp3) is 0.231. The van der Waals surface area contributed by atoms with E-state index in [4.69, 9.17) is 0 Å². The van der Waals surface area contributed by atoms with Crippen LogP contribution in [0.2, 0.25) is 0 Å². The maximum Gasteiger partial charge on any atom is 0.0893 e. The highest BCUT2D eigenvalue weighted by Gasteiger charge is 2.29. The summed E-state index contributed by atoms with van der Waals surface area (Å²) in [6.07, 6.45) is 6.82. The summed E-state index contributed by atoms with van der Waals surface area (Å²) < 4.78 is 0. The van der Waals surface area contributed by atoms with Crippen molar-refractivity contribution in [3.8, 4) is 0 Å². The van der Waals surface area contributed by atoms with Crippen molar-refractivity contribution in [1.82, 2.24) is 15.3 Å². The summed E-state index contributed by atoms with van der Waals surface area (Å²) in [5, 5.41) is 3.35. The van der Waals surface area contributed by atoms with Gasteiger partial charge in [0.1, 0.15) is 0 Å². The van der Waals surface area contributed by atoms with Crippen LogP contribution in [0.25, 0.3) is 16.6 Å². The summed E-state index contributed by atoms with van der Waals surface area (Å²) >= 11 is 0. The molecule has 1 N–H and O–H groups in total. The molecule has 0 fully saturated rings. The molecule has 3 heteroatoms. The minimum Gasteiger partial charge on any atom is -0.390 e. The highest BCUT2D eigenvalue weighted by Crippen LogP contribution is 2.43. The second-order valence-electron chi connectivity index (χ2n) is 4.46. The lowest BCUT2D eigenvalue weighted by Crippen LogP contribution is -2.17. The van der Waals surface area contributed by atoms with Gasteiger partial charge in [-0.05, 0) is 35.3 Å². The van der Waals surface area contributed by atoms with Crippen molar-refractivity contribution in [3.05, 3.63) is 41.9 Å². The predicted molar refractivity (Wildman–Crippen MR) is 62.9 cm³/mol. The first-order valence-electron chi connectivity index (χ1n) is 5.59. The van der Waals surface area contributed by atoms with Gasteiger partial charge in [0, 0.05) is 31.1 Å². The van der Waals surface area contributed by atoms with Crippen molar-refractivity contribution in [2.75, 3.05) is 6.54 Å². The normalized spacial score (nSPS) is 21.5. The van der Waals surface area contributed by atoms with E-state index >= 15 is 0 Å². The zero-order chi connectivity index (χ0) is 10.5. The summed E-state index contributed by atoms with van der Waals surface area (Å²) in [4.78, 5) is 8.73. The van der Waals surface area contributed by atoms with Crippen molar-refractivity contribution in [1.29, 1.82) is 0 Å². The molecule has 2 aromatic rings. The van der Waals surface area contributed by atoms with E-state index in [-0.39, 0.29) is 0 Å². The molecule has 2 aliphatic rings. The monoisotopic (exact) mass is 209 g/mol. The molecule has 4 rings (SSSR count). The van der Waals surface area contributed by atoms with Gasteiger partial charge in [0.2, 0.25) is 0 Å². The SMILES string of the molecule is C1=C2C[C@@H](CN1)c1cc3nccnc3cc12. The number of nitrogens with zero attached hydrogens (tertiary/aromatic N) is 2. The van der Waals surface area contributed by atoms with E-state index in [1.807, 2.05) is 0 Å². The Balaban J connectivity index is 2.08. The molecule has 2 heterocycles. The molecule has 1 aromatic carbocycles. The zero-order valence-corrected chi connectivity index (χ0v) is 8.77. The first kappa shape index (κ1) is 8.28. The number of benzene rings is 1. The third kappa shape index (κ3) is 0.975. The number of aromatic nitrogens is 2. The minimum atomic E-state index is 0.626. The average Bonchev–Trinajstić information content (AvgIpc) is 2.59. The fourth-order valence-electron chi connectivity index (χ4n) is 2.77. The Kier molecular flexibility index (Phi) is 1.46. The molecule has 1 aliphatic carbocycles. The van der Waals surface area contributed by atoms with Crippen LogP contribution in [0.1, 0.15) is 23.5 Å². The lowest BCUT2D eigenvalue weighted by Gasteiger charge is -2.13. The second-order valence-corrected chi connectivity index (χ2v) is 4.46. The lowest BCUT2D eigenvalue weighted by atomic mass is 10.0. The third-order valence-electron chi connectivity index (χ3n) is 3.53. The lowest BCUT2D eigenvalue weighted by molar-refractivity contribution is 0.660. The van der Waals surface area contributed by atoms with E-state index in [1.165, 1.54) is 23.1 Å². The van der Waals surface area contributed by atoms with E-state index in [9.17, 15) is 0 Å². The Morgan fingerprint density at radius 3 is 2.81 bits per heavy atom. The predicted octanol–water partition coefficient (Wildman–Crippen LogP) is 2.06. The van der Waals surface area contributed by atoms with Gasteiger partial charge >= 0.3 is 0 Å². The summed E-state index contributed by atoms with van der Waals surface area (Å²) in [5.41, 5.74) is 6.22. The Hall–Kier alpha value is -1.90. The third-order valence-corrected chi connectivity index (χ3v) is 3.53. The molecule has 1 aliphatic heterocycles. The van der Waals surface area contributed by atoms with Gasteiger partial charge in [0.15, 0.2) is 0 Å². The molecule has 2 bridgehead atoms. The molecule has 78 valence electrons. The summed E-state index contributed by atoms with van der Waals surface area (Å²) in [5.74, 6) is 0.626. The van der Waals surface area contributed by atoms with Gasteiger partial charge in [0.25, 0.3) is 0 Å². The van der Waals surface area contributed by atoms with Gasteiger partial charge in [-0.1, -0.05) is 0 Å². The molecule has 0 amide bonds. The van der Waals surface area contributed by atoms with Crippen LogP contribution < -0.4 is 5.32 Å². The fourth-order valence-corrected chi connectivity index (χ4v) is 2.77. The standard InChI is InChI=1S/C13H11N3/c1-2-16-13-5-11-9-3-8(6-14-7-9)10(11)4-12(13)15-1/h1-2,4-6,9,14H,3,7H2/t9-/m0/s1. The maximum absolute atomic E-state index is 4.37. The topological polar surface area (TPSA) is 37.8 Å². The maximum atomic E-state index is 4.37. The largest absolute Gasteiger partial charge is 0.390 e. The van der Waals surface area contributed by atoms with Crippen LogP contribution in [0.3, 0.4) is 0 Å². The Morgan fingerprint density at radius 1 is 1.12 bits per heavy atom. The van der Waals surface area contributed by atoms with Crippen LogP contribution in [-0.4, -0.2) is 16.5 Å². The highest BCUT2D eigenvalue weighted by atomic mass is 14.9. The molecular weight excluding hydrogens is 198 g/mol. The quantitative estimate of drug-likeness (QED) is 0.721. The van der Waals surface area contributed by atoms with Crippen molar-refractivity contribution in [2.24, 2.45) is 0 Å². The van der Waals surface area contributed by atoms with Gasteiger partial charge in [-0.15, -0.1) is 0 Å².